The van der Waals surface area contributed by atoms with E-state index in [9.17, 15) is 8.78 Å². The van der Waals surface area contributed by atoms with Crippen molar-refractivity contribution in [2.45, 2.75) is 51.9 Å². The molecule has 3 rings (SSSR count). The Bertz CT molecular complexity index is 732. The molecule has 1 aliphatic rings. The molecule has 0 amide bonds. The molecule has 0 N–H and O–H groups in total. The van der Waals surface area contributed by atoms with Gasteiger partial charge >= 0.3 is 0 Å². The minimum absolute atomic E-state index is 0.428. The number of allylic oxidation sites excluding steroid dienone is 2. The number of aromatic nitrogens is 2. The quantitative estimate of drug-likeness (QED) is 0.582. The summed E-state index contributed by atoms with van der Waals surface area (Å²) in [4.78, 5) is 8.64. The van der Waals surface area contributed by atoms with Crippen LogP contribution in [0.1, 0.15) is 51.0 Å². The van der Waals surface area contributed by atoms with Crippen molar-refractivity contribution in [3.05, 3.63) is 59.9 Å². The van der Waals surface area contributed by atoms with Gasteiger partial charge in [0.2, 0.25) is 0 Å². The van der Waals surface area contributed by atoms with E-state index < -0.39 is 11.6 Å². The Hall–Kier alpha value is -2.10. The van der Waals surface area contributed by atoms with E-state index in [1.54, 1.807) is 12.4 Å². The predicted molar refractivity (Wildman–Crippen MR) is 101 cm³/mol. The Kier molecular flexibility index (Phi) is 6.48. The first-order valence-corrected chi connectivity index (χ1v) is 9.53. The van der Waals surface area contributed by atoms with Crippen molar-refractivity contribution < 1.29 is 8.78 Å². The number of hydrogen-bond donors (Lipinski definition) is 0. The van der Waals surface area contributed by atoms with Gasteiger partial charge in [-0.2, -0.15) is 0 Å². The van der Waals surface area contributed by atoms with Crippen LogP contribution in [0.3, 0.4) is 0 Å². The molecule has 0 spiro atoms. The molecule has 1 aromatic carbocycles. The molecular formula is C22H26F2N2. The summed E-state index contributed by atoms with van der Waals surface area (Å²) in [6.07, 6.45) is 16.7. The largest absolute Gasteiger partial charge is 0.236 e. The molecule has 2 aromatic rings. The number of hydrogen-bond acceptors (Lipinski definition) is 2. The molecule has 0 saturated heterocycles. The number of aryl methyl sites for hydroxylation is 1. The summed E-state index contributed by atoms with van der Waals surface area (Å²) in [5, 5.41) is 0. The SMILES string of the molecule is CC=CCC1CCC(CCc2cnc(-c3ccc(F)c(F)c3)nc2)CC1. The minimum atomic E-state index is -0.875. The van der Waals surface area contributed by atoms with Crippen LogP contribution in [-0.2, 0) is 6.42 Å². The number of benzene rings is 1. The second kappa shape index (κ2) is 9.02. The molecule has 4 heteroatoms. The van der Waals surface area contributed by atoms with Crippen molar-refractivity contribution in [3.63, 3.8) is 0 Å². The summed E-state index contributed by atoms with van der Waals surface area (Å²) in [7, 11) is 0. The molecule has 1 aliphatic carbocycles. The zero-order valence-electron chi connectivity index (χ0n) is 15.3. The topological polar surface area (TPSA) is 25.8 Å². The number of nitrogens with zero attached hydrogens (tertiary/aromatic N) is 2. The van der Waals surface area contributed by atoms with Gasteiger partial charge in [-0.1, -0.05) is 25.0 Å². The van der Waals surface area contributed by atoms with Crippen molar-refractivity contribution in [1.29, 1.82) is 0 Å². The molecule has 0 aliphatic heterocycles. The molecule has 0 radical (unpaired) electrons. The molecular weight excluding hydrogens is 330 g/mol. The molecule has 138 valence electrons. The molecule has 0 bridgehead atoms. The lowest BCUT2D eigenvalue weighted by atomic mass is 9.78. The predicted octanol–water partition coefficient (Wildman–Crippen LogP) is 6.13. The molecule has 1 fully saturated rings. The van der Waals surface area contributed by atoms with E-state index in [2.05, 4.69) is 29.0 Å². The van der Waals surface area contributed by atoms with Gasteiger partial charge in [-0.25, -0.2) is 18.7 Å². The summed E-state index contributed by atoms with van der Waals surface area (Å²) in [6.45, 7) is 2.09. The van der Waals surface area contributed by atoms with Gasteiger partial charge in [0.05, 0.1) is 0 Å². The van der Waals surface area contributed by atoms with Crippen LogP contribution in [0.25, 0.3) is 11.4 Å². The van der Waals surface area contributed by atoms with Crippen LogP contribution >= 0.6 is 0 Å². The van der Waals surface area contributed by atoms with Crippen molar-refractivity contribution in [2.75, 3.05) is 0 Å². The van der Waals surface area contributed by atoms with E-state index >= 15 is 0 Å². The van der Waals surface area contributed by atoms with E-state index in [1.807, 2.05) is 0 Å². The van der Waals surface area contributed by atoms with Gasteiger partial charge in [0, 0.05) is 18.0 Å². The van der Waals surface area contributed by atoms with Gasteiger partial charge in [0.25, 0.3) is 0 Å². The Morgan fingerprint density at radius 2 is 1.69 bits per heavy atom. The average molecular weight is 356 g/mol. The fourth-order valence-corrected chi connectivity index (χ4v) is 3.72. The van der Waals surface area contributed by atoms with Gasteiger partial charge in [-0.05, 0) is 74.6 Å². The third-order valence-corrected chi connectivity index (χ3v) is 5.40. The summed E-state index contributed by atoms with van der Waals surface area (Å²) in [6, 6.07) is 3.74. The summed E-state index contributed by atoms with van der Waals surface area (Å²) >= 11 is 0. The van der Waals surface area contributed by atoms with Gasteiger partial charge in [-0.15, -0.1) is 0 Å². The Morgan fingerprint density at radius 3 is 2.35 bits per heavy atom. The van der Waals surface area contributed by atoms with Crippen LogP contribution in [0.4, 0.5) is 8.78 Å². The minimum Gasteiger partial charge on any atom is -0.236 e. The van der Waals surface area contributed by atoms with Gasteiger partial charge in [0.1, 0.15) is 0 Å². The van der Waals surface area contributed by atoms with E-state index in [1.165, 1.54) is 44.6 Å². The molecule has 0 unspecified atom stereocenters. The third kappa shape index (κ3) is 4.96. The number of rotatable bonds is 6. The average Bonchev–Trinajstić information content (AvgIpc) is 2.68. The van der Waals surface area contributed by atoms with Crippen molar-refractivity contribution in [3.8, 4) is 11.4 Å². The fourth-order valence-electron chi connectivity index (χ4n) is 3.72. The lowest BCUT2D eigenvalue weighted by molar-refractivity contribution is 0.265. The highest BCUT2D eigenvalue weighted by molar-refractivity contribution is 5.54. The molecule has 1 aromatic heterocycles. The Labute approximate surface area is 154 Å². The maximum absolute atomic E-state index is 13.3. The van der Waals surface area contributed by atoms with Gasteiger partial charge < -0.3 is 0 Å². The highest BCUT2D eigenvalue weighted by Gasteiger charge is 2.20. The zero-order valence-corrected chi connectivity index (χ0v) is 15.3. The normalized spacial score (nSPS) is 20.6. The van der Waals surface area contributed by atoms with Crippen molar-refractivity contribution >= 4 is 0 Å². The van der Waals surface area contributed by atoms with Crippen LogP contribution in [-0.4, -0.2) is 9.97 Å². The lowest BCUT2D eigenvalue weighted by Gasteiger charge is -2.27. The summed E-state index contributed by atoms with van der Waals surface area (Å²) in [5.41, 5.74) is 1.60. The number of halogens is 2. The van der Waals surface area contributed by atoms with Crippen LogP contribution in [0.5, 0.6) is 0 Å². The standard InChI is InChI=1S/C22H26F2N2/c1-2-3-4-16-5-7-17(8-6-16)9-10-18-14-25-22(26-15-18)19-11-12-20(23)21(24)13-19/h2-3,11-17H,4-10H2,1H3. The van der Waals surface area contributed by atoms with E-state index in [0.29, 0.717) is 11.4 Å². The van der Waals surface area contributed by atoms with E-state index in [-0.39, 0.29) is 0 Å². The first-order valence-electron chi connectivity index (χ1n) is 9.53. The third-order valence-electron chi connectivity index (χ3n) is 5.40. The van der Waals surface area contributed by atoms with Gasteiger partial charge in [0.15, 0.2) is 17.5 Å². The van der Waals surface area contributed by atoms with Crippen molar-refractivity contribution in [1.82, 2.24) is 9.97 Å². The van der Waals surface area contributed by atoms with Gasteiger partial charge in [-0.3, -0.25) is 0 Å². The Balaban J connectivity index is 1.50. The Morgan fingerprint density at radius 1 is 1.00 bits per heavy atom. The monoisotopic (exact) mass is 356 g/mol. The van der Waals surface area contributed by atoms with E-state index in [0.717, 1.165) is 36.0 Å². The van der Waals surface area contributed by atoms with Crippen LogP contribution in [0.15, 0.2) is 42.7 Å². The molecule has 2 nitrogen and oxygen atoms in total. The second-order valence-corrected chi connectivity index (χ2v) is 7.27. The lowest BCUT2D eigenvalue weighted by Crippen LogP contribution is -2.14. The van der Waals surface area contributed by atoms with Crippen LogP contribution < -0.4 is 0 Å². The summed E-state index contributed by atoms with van der Waals surface area (Å²) < 4.78 is 26.4. The smallest absolute Gasteiger partial charge is 0.159 e. The highest BCUT2D eigenvalue weighted by atomic mass is 19.2. The second-order valence-electron chi connectivity index (χ2n) is 7.27. The fraction of sp³-hybridized carbons (Fsp3) is 0.455. The first kappa shape index (κ1) is 18.7. The molecule has 0 atom stereocenters. The summed E-state index contributed by atoms with van der Waals surface area (Å²) in [5.74, 6) is 0.354. The maximum Gasteiger partial charge on any atom is 0.159 e. The molecule has 26 heavy (non-hydrogen) atoms. The van der Waals surface area contributed by atoms with Crippen LogP contribution in [0.2, 0.25) is 0 Å². The van der Waals surface area contributed by atoms with Crippen LogP contribution in [0, 0.1) is 23.5 Å². The van der Waals surface area contributed by atoms with E-state index in [4.69, 9.17) is 0 Å². The first-order chi connectivity index (χ1) is 12.7. The highest BCUT2D eigenvalue weighted by Crippen LogP contribution is 2.33. The van der Waals surface area contributed by atoms with Crippen molar-refractivity contribution in [2.24, 2.45) is 11.8 Å². The zero-order chi connectivity index (χ0) is 18.4. The maximum atomic E-state index is 13.3. The molecule has 1 saturated carbocycles. The molecule has 1 heterocycles.